The molecule has 4 N–H and O–H groups in total. The van der Waals surface area contributed by atoms with Gasteiger partial charge in [-0.05, 0) is 107 Å². The molecule has 2 heterocycles. The number of carbonyl (C=O) groups is 11. The summed E-state index contributed by atoms with van der Waals surface area (Å²) in [5.74, 6) is -10.6. The smallest absolute Gasteiger partial charge is 0.351 e. The number of hydrogen-bond donors (Lipinski definition) is 4. The van der Waals surface area contributed by atoms with Crippen LogP contribution in [0.4, 0.5) is 17.6 Å². The number of hydrogen-bond acceptors (Lipinski definition) is 11. The van der Waals surface area contributed by atoms with Crippen LogP contribution in [0.1, 0.15) is 177 Å². The second-order valence-corrected chi connectivity index (χ2v) is 27.6. The third kappa shape index (κ3) is 19.5. The van der Waals surface area contributed by atoms with E-state index in [1.165, 1.54) is 61.9 Å². The Labute approximate surface area is 530 Å². The van der Waals surface area contributed by atoms with Gasteiger partial charge in [0.05, 0.1) is 25.6 Å². The average Bonchev–Trinajstić information content (AvgIpc) is 1.54. The van der Waals surface area contributed by atoms with Gasteiger partial charge < -0.3 is 55.6 Å². The molecule has 5 fully saturated rings. The lowest BCUT2D eigenvalue weighted by Crippen LogP contribution is -2.64. The fourth-order valence-corrected chi connectivity index (χ4v) is 14.0. The molecule has 0 aromatic heterocycles. The summed E-state index contributed by atoms with van der Waals surface area (Å²) in [6.07, 6.45) is -0.875. The van der Waals surface area contributed by atoms with Crippen molar-refractivity contribution in [2.24, 2.45) is 35.5 Å². The van der Waals surface area contributed by atoms with E-state index in [-0.39, 0.29) is 76.2 Å². The summed E-state index contributed by atoms with van der Waals surface area (Å²) >= 11 is 0. The van der Waals surface area contributed by atoms with Crippen LogP contribution in [0.3, 0.4) is 0 Å². The molecule has 90 heavy (non-hydrogen) atoms. The van der Waals surface area contributed by atoms with Crippen LogP contribution in [0, 0.1) is 35.5 Å². The van der Waals surface area contributed by atoms with Crippen LogP contribution in [-0.2, 0) is 52.7 Å². The molecule has 0 aromatic rings. The van der Waals surface area contributed by atoms with Gasteiger partial charge in [0.1, 0.15) is 48.0 Å². The predicted octanol–water partition coefficient (Wildman–Crippen LogP) is 4.96. The van der Waals surface area contributed by atoms with Crippen LogP contribution in [0.5, 0.6) is 0 Å². The molecule has 0 aromatic carbocycles. The largest absolute Gasteiger partial charge is 0.394 e. The monoisotopic (exact) mass is 1280 g/mol. The van der Waals surface area contributed by atoms with Gasteiger partial charge in [-0.15, -0.1) is 0 Å². The molecule has 3 unspecified atom stereocenters. The Morgan fingerprint density at radius 2 is 1.21 bits per heavy atom. The molecule has 510 valence electrons. The van der Waals surface area contributed by atoms with Gasteiger partial charge in [-0.3, -0.25) is 52.7 Å². The van der Waals surface area contributed by atoms with Crippen LogP contribution >= 0.6 is 0 Å². The highest BCUT2D eigenvalue weighted by Gasteiger charge is 2.51. The zero-order valence-electron chi connectivity index (χ0n) is 55.7. The quantitative estimate of drug-likeness (QED) is 0.213. The van der Waals surface area contributed by atoms with Crippen molar-refractivity contribution >= 4 is 65.0 Å². The molecule has 5 aliphatic rings. The third-order valence-corrected chi connectivity index (χ3v) is 19.7. The second kappa shape index (κ2) is 32.9. The van der Waals surface area contributed by atoms with Crippen molar-refractivity contribution in [2.45, 2.75) is 237 Å². The van der Waals surface area contributed by atoms with Crippen molar-refractivity contribution < 1.29 is 70.3 Å². The van der Waals surface area contributed by atoms with E-state index in [9.17, 15) is 65.9 Å². The predicted molar refractivity (Wildman–Crippen MR) is 329 cm³/mol. The lowest BCUT2D eigenvalue weighted by Gasteiger charge is -2.39. The molecule has 1 spiro atoms. The van der Waals surface area contributed by atoms with Crippen LogP contribution in [-0.4, -0.2) is 228 Å². The highest BCUT2D eigenvalue weighted by Crippen LogP contribution is 2.43. The number of likely N-dealkylation sites (N-methyl/N-ethyl adjacent to an activating group) is 6. The second-order valence-electron chi connectivity index (χ2n) is 27.6. The lowest BCUT2D eigenvalue weighted by atomic mass is 9.78. The maximum absolute atomic E-state index is 15.2. The third-order valence-electron chi connectivity index (χ3n) is 19.7. The number of halogens is 4. The Bertz CT molecular complexity index is 2550. The SMILES string of the molecule is CC[C@H](C)[C@@H]1NC(=O)[C@H](CC(C)C)N(C)C(=O)C[C@@H](C)NC(=O)[C@H](C(C)C)N(C)C(=O)C2(CCCC2)NC(=O)[C@@H]2CCCN2C(=O)[C@H](CCC2CCC(C(F)(F)F)C(F)C2)NC(=O)CN(C)C(=O)[C@H](CC2CCCCC2)N(C)C(=O)CN(C)C(=O)CN(C)C1=O. The van der Waals surface area contributed by atoms with Gasteiger partial charge in [-0.25, -0.2) is 4.39 Å². The lowest BCUT2D eigenvalue weighted by molar-refractivity contribution is -0.201. The minimum Gasteiger partial charge on any atom is -0.351 e. The summed E-state index contributed by atoms with van der Waals surface area (Å²) in [6, 6.07) is -7.76. The highest BCUT2D eigenvalue weighted by molar-refractivity contribution is 5.99. The Hall–Kier alpha value is -6.11. The van der Waals surface area contributed by atoms with E-state index in [0.717, 1.165) is 46.8 Å². The summed E-state index contributed by atoms with van der Waals surface area (Å²) in [5, 5.41) is 11.5. The van der Waals surface area contributed by atoms with Gasteiger partial charge in [0.2, 0.25) is 65.0 Å². The van der Waals surface area contributed by atoms with Crippen LogP contribution < -0.4 is 21.3 Å². The van der Waals surface area contributed by atoms with Crippen molar-refractivity contribution in [2.75, 3.05) is 68.5 Å². The maximum Gasteiger partial charge on any atom is 0.394 e. The molecule has 3 aliphatic carbocycles. The van der Waals surface area contributed by atoms with E-state index in [0.29, 0.717) is 25.7 Å². The first-order chi connectivity index (χ1) is 42.1. The van der Waals surface area contributed by atoms with Crippen LogP contribution in [0.2, 0.25) is 0 Å². The van der Waals surface area contributed by atoms with Gasteiger partial charge in [-0.2, -0.15) is 13.2 Å². The zero-order valence-corrected chi connectivity index (χ0v) is 55.7. The molecule has 5 rings (SSSR count). The van der Waals surface area contributed by atoms with Gasteiger partial charge in [0.15, 0.2) is 0 Å². The van der Waals surface area contributed by atoms with Crippen molar-refractivity contribution in [1.82, 2.24) is 55.6 Å². The first-order valence-corrected chi connectivity index (χ1v) is 32.9. The Kier molecular flexibility index (Phi) is 27.3. The minimum atomic E-state index is -4.73. The molecule has 11 amide bonds. The van der Waals surface area contributed by atoms with E-state index in [2.05, 4.69) is 21.3 Å². The Morgan fingerprint density at radius 1 is 0.600 bits per heavy atom. The fraction of sp³-hybridized carbons (Fsp3) is 0.828. The number of carbonyl (C=O) groups excluding carboxylic acids is 11. The van der Waals surface area contributed by atoms with E-state index < -0.39 is 181 Å². The molecule has 2 aliphatic heterocycles. The molecule has 3 saturated carbocycles. The fourth-order valence-electron chi connectivity index (χ4n) is 14.0. The number of fused-ring (bicyclic) bond motifs is 1. The van der Waals surface area contributed by atoms with Gasteiger partial charge in [-0.1, -0.05) is 92.9 Å². The van der Waals surface area contributed by atoms with E-state index in [1.54, 1.807) is 27.7 Å². The van der Waals surface area contributed by atoms with Crippen LogP contribution in [0.25, 0.3) is 0 Å². The van der Waals surface area contributed by atoms with Crippen molar-refractivity contribution in [3.8, 4) is 0 Å². The minimum absolute atomic E-state index is 0.0134. The number of rotatable bonds is 10. The molecule has 0 bridgehead atoms. The van der Waals surface area contributed by atoms with E-state index in [4.69, 9.17) is 0 Å². The standard InChI is InChI=1S/C64H105F4N11O11/c1-14-40(6)54-61(89)75(10)36-52(82)73(8)37-53(83)77(12)49(34-42-21-16-15-17-22-42)60(88)74(9)35-50(80)70-46(27-25-43-24-26-44(45(65)33-43)64(66,67)68)59(87)79-30-20-23-47(79)57(85)72-63(28-18-19-29-63)62(90)78(13)55(39(4)5)58(86)69-41(7)32-51(81)76(11)48(31-38(2)3)56(84)71-54/h38-49,54-55H,14-37H2,1-13H3,(H,69,86)(H,70,80)(H,71,84)(H,72,85)/t40-,41+,43?,44?,45?,46-,47-,48-,49-,54-,55-/m0/s1. The Balaban J connectivity index is 1.52. The zero-order chi connectivity index (χ0) is 67.3. The van der Waals surface area contributed by atoms with Gasteiger partial charge in [0.25, 0.3) is 0 Å². The molecule has 0 radical (unpaired) electrons. The topological polar surface area (TPSA) is 259 Å². The van der Waals surface area contributed by atoms with Gasteiger partial charge >= 0.3 is 6.18 Å². The number of nitrogens with zero attached hydrogens (tertiary/aromatic N) is 7. The summed E-state index contributed by atoms with van der Waals surface area (Å²) in [5.41, 5.74) is -1.50. The summed E-state index contributed by atoms with van der Waals surface area (Å²) in [6.45, 7) is 10.9. The van der Waals surface area contributed by atoms with Crippen molar-refractivity contribution in [3.63, 3.8) is 0 Å². The molecular weight excluding hydrogens is 1170 g/mol. The van der Waals surface area contributed by atoms with Crippen molar-refractivity contribution in [3.05, 3.63) is 0 Å². The van der Waals surface area contributed by atoms with Gasteiger partial charge in [0, 0.05) is 61.3 Å². The van der Waals surface area contributed by atoms with E-state index >= 15 is 4.39 Å². The van der Waals surface area contributed by atoms with Crippen LogP contribution in [0.15, 0.2) is 0 Å². The number of alkyl halides is 4. The summed E-state index contributed by atoms with van der Waals surface area (Å²) < 4.78 is 56.4. The molecule has 11 atom stereocenters. The highest BCUT2D eigenvalue weighted by atomic mass is 19.4. The Morgan fingerprint density at radius 3 is 1.80 bits per heavy atom. The molecular formula is C64H105F4N11O11. The van der Waals surface area contributed by atoms with E-state index in [1.807, 2.05) is 20.8 Å². The normalized spacial score (nSPS) is 29.9. The molecule has 2 saturated heterocycles. The maximum atomic E-state index is 15.2. The number of amides is 11. The summed E-state index contributed by atoms with van der Waals surface area (Å²) in [7, 11) is 8.53. The summed E-state index contributed by atoms with van der Waals surface area (Å²) in [4.78, 5) is 168. The first-order valence-electron chi connectivity index (χ1n) is 32.9. The number of nitrogens with one attached hydrogen (secondary N) is 4. The molecule has 22 nitrogen and oxygen atoms in total. The van der Waals surface area contributed by atoms with Crippen molar-refractivity contribution in [1.29, 1.82) is 0 Å². The first kappa shape index (κ1) is 74.6. The average molecular weight is 1280 g/mol. The molecule has 26 heteroatoms.